The molecule has 1 aromatic rings. The van der Waals surface area contributed by atoms with Crippen molar-refractivity contribution >= 4 is 11.6 Å². The van der Waals surface area contributed by atoms with Crippen LogP contribution in [0.25, 0.3) is 0 Å². The highest BCUT2D eigenvalue weighted by molar-refractivity contribution is 5.83. The Labute approximate surface area is 120 Å². The van der Waals surface area contributed by atoms with E-state index in [1.165, 1.54) is 0 Å². The summed E-state index contributed by atoms with van der Waals surface area (Å²) in [6.45, 7) is 4.33. The van der Waals surface area contributed by atoms with Crippen LogP contribution in [0.2, 0.25) is 0 Å². The lowest BCUT2D eigenvalue weighted by Crippen LogP contribution is -2.37. The number of hydrogen-bond donors (Lipinski definition) is 1. The van der Waals surface area contributed by atoms with Crippen molar-refractivity contribution in [2.45, 2.75) is 25.7 Å². The second kappa shape index (κ2) is 6.75. The average molecular weight is 276 g/mol. The minimum Gasteiger partial charge on any atom is -0.399 e. The smallest absolute Gasteiger partial charge is 0.229 e. The van der Waals surface area contributed by atoms with Gasteiger partial charge in [0, 0.05) is 25.9 Å². The van der Waals surface area contributed by atoms with Gasteiger partial charge in [-0.3, -0.25) is 4.79 Å². The maximum absolute atomic E-state index is 12.5. The molecule has 20 heavy (non-hydrogen) atoms. The molecule has 0 spiro atoms. The second-order valence-electron chi connectivity index (χ2n) is 5.69. The first-order chi connectivity index (χ1) is 9.58. The molecule has 2 atom stereocenters. The molecule has 1 heterocycles. The number of nitrogens with two attached hydrogens (primary N) is 1. The predicted molar refractivity (Wildman–Crippen MR) is 80.4 cm³/mol. The topological polar surface area (TPSA) is 55.6 Å². The van der Waals surface area contributed by atoms with Gasteiger partial charge >= 0.3 is 0 Å². The van der Waals surface area contributed by atoms with Crippen molar-refractivity contribution in [1.82, 2.24) is 4.90 Å². The molecule has 0 aromatic heterocycles. The van der Waals surface area contributed by atoms with Crippen molar-refractivity contribution in [3.8, 4) is 0 Å². The highest BCUT2D eigenvalue weighted by atomic mass is 16.5. The molecule has 2 unspecified atom stereocenters. The van der Waals surface area contributed by atoms with E-state index in [-0.39, 0.29) is 11.8 Å². The van der Waals surface area contributed by atoms with Crippen LogP contribution in [0.15, 0.2) is 24.3 Å². The van der Waals surface area contributed by atoms with Crippen LogP contribution in [-0.2, 0) is 9.53 Å². The van der Waals surface area contributed by atoms with Crippen molar-refractivity contribution in [3.63, 3.8) is 0 Å². The van der Waals surface area contributed by atoms with Crippen LogP contribution in [0.5, 0.6) is 0 Å². The Hall–Kier alpha value is -1.55. The second-order valence-corrected chi connectivity index (χ2v) is 5.69. The third-order valence-corrected chi connectivity index (χ3v) is 3.94. The lowest BCUT2D eigenvalue weighted by atomic mass is 9.97. The van der Waals surface area contributed by atoms with Crippen LogP contribution in [0.3, 0.4) is 0 Å². The zero-order chi connectivity index (χ0) is 14.5. The van der Waals surface area contributed by atoms with Gasteiger partial charge in [0.1, 0.15) is 0 Å². The third-order valence-electron chi connectivity index (χ3n) is 3.94. The molecule has 1 saturated heterocycles. The molecule has 4 heteroatoms. The van der Waals surface area contributed by atoms with Crippen LogP contribution in [0, 0.1) is 5.92 Å². The average Bonchev–Trinajstić information content (AvgIpc) is 2.46. The quantitative estimate of drug-likeness (QED) is 0.858. The van der Waals surface area contributed by atoms with Crippen molar-refractivity contribution in [1.29, 1.82) is 0 Å². The number of anilines is 1. The van der Waals surface area contributed by atoms with Crippen LogP contribution >= 0.6 is 0 Å². The SMILES string of the molecule is CC(C(=O)N(C)CC1CCCOC1)c1cccc(N)c1. The number of nitrogens with zero attached hydrogens (tertiary/aromatic N) is 1. The molecule has 0 bridgehead atoms. The number of benzene rings is 1. The number of likely N-dealkylation sites (N-methyl/N-ethyl adjacent to an activating group) is 1. The summed E-state index contributed by atoms with van der Waals surface area (Å²) in [7, 11) is 1.87. The summed E-state index contributed by atoms with van der Waals surface area (Å²) in [6.07, 6.45) is 2.24. The summed E-state index contributed by atoms with van der Waals surface area (Å²) in [5.41, 5.74) is 7.45. The predicted octanol–water partition coefficient (Wildman–Crippen LogP) is 2.26. The summed E-state index contributed by atoms with van der Waals surface area (Å²) >= 11 is 0. The monoisotopic (exact) mass is 276 g/mol. The maximum Gasteiger partial charge on any atom is 0.229 e. The number of carbonyl (C=O) groups excluding carboxylic acids is 1. The van der Waals surface area contributed by atoms with E-state index in [9.17, 15) is 4.79 Å². The molecule has 2 rings (SSSR count). The van der Waals surface area contributed by atoms with Crippen molar-refractivity contribution in [2.75, 3.05) is 32.5 Å². The van der Waals surface area contributed by atoms with Gasteiger partial charge < -0.3 is 15.4 Å². The molecule has 1 amide bonds. The molecule has 1 aliphatic heterocycles. The first-order valence-electron chi connectivity index (χ1n) is 7.26. The van der Waals surface area contributed by atoms with E-state index in [4.69, 9.17) is 10.5 Å². The van der Waals surface area contributed by atoms with Gasteiger partial charge in [0.2, 0.25) is 5.91 Å². The molecule has 110 valence electrons. The minimum atomic E-state index is -0.159. The Morgan fingerprint density at radius 2 is 2.35 bits per heavy atom. The summed E-state index contributed by atoms with van der Waals surface area (Å²) in [4.78, 5) is 14.3. The van der Waals surface area contributed by atoms with E-state index in [1.54, 1.807) is 0 Å². The number of nitrogen functional groups attached to an aromatic ring is 1. The molecule has 0 saturated carbocycles. The lowest BCUT2D eigenvalue weighted by Gasteiger charge is -2.28. The normalized spacial score (nSPS) is 20.4. The molecule has 1 fully saturated rings. The van der Waals surface area contributed by atoms with Gasteiger partial charge in [-0.05, 0) is 43.4 Å². The number of ether oxygens (including phenoxy) is 1. The van der Waals surface area contributed by atoms with Crippen LogP contribution in [0.4, 0.5) is 5.69 Å². The van der Waals surface area contributed by atoms with Gasteiger partial charge in [0.15, 0.2) is 0 Å². The molecular formula is C16H24N2O2. The Kier molecular flexibility index (Phi) is 5.01. The Balaban J connectivity index is 1.95. The highest BCUT2D eigenvalue weighted by Gasteiger charge is 2.23. The Bertz CT molecular complexity index is 456. The molecule has 0 aliphatic carbocycles. The Morgan fingerprint density at radius 3 is 3.00 bits per heavy atom. The minimum absolute atomic E-state index is 0.140. The molecule has 0 radical (unpaired) electrons. The zero-order valence-electron chi connectivity index (χ0n) is 12.3. The highest BCUT2D eigenvalue weighted by Crippen LogP contribution is 2.21. The maximum atomic E-state index is 12.5. The van der Waals surface area contributed by atoms with Gasteiger partial charge in [-0.15, -0.1) is 0 Å². The lowest BCUT2D eigenvalue weighted by molar-refractivity contribution is -0.132. The summed E-state index contributed by atoms with van der Waals surface area (Å²) in [5, 5.41) is 0. The fourth-order valence-corrected chi connectivity index (χ4v) is 2.73. The Morgan fingerprint density at radius 1 is 1.55 bits per heavy atom. The number of carbonyl (C=O) groups is 1. The fraction of sp³-hybridized carbons (Fsp3) is 0.562. The largest absolute Gasteiger partial charge is 0.399 e. The van der Waals surface area contributed by atoms with Crippen molar-refractivity contribution in [2.24, 2.45) is 5.92 Å². The van der Waals surface area contributed by atoms with Gasteiger partial charge in [0.25, 0.3) is 0 Å². The van der Waals surface area contributed by atoms with Crippen LogP contribution in [0.1, 0.15) is 31.2 Å². The first kappa shape index (κ1) is 14.9. The van der Waals surface area contributed by atoms with Crippen molar-refractivity contribution < 1.29 is 9.53 Å². The number of hydrogen-bond acceptors (Lipinski definition) is 3. The van der Waals surface area contributed by atoms with Crippen molar-refractivity contribution in [3.05, 3.63) is 29.8 Å². The van der Waals surface area contributed by atoms with Crippen LogP contribution in [-0.4, -0.2) is 37.6 Å². The van der Waals surface area contributed by atoms with Gasteiger partial charge in [0.05, 0.1) is 12.5 Å². The number of rotatable bonds is 4. The van der Waals surface area contributed by atoms with Gasteiger partial charge in [-0.2, -0.15) is 0 Å². The molecule has 1 aliphatic rings. The number of amides is 1. The van der Waals surface area contributed by atoms with E-state index in [2.05, 4.69) is 0 Å². The molecule has 2 N–H and O–H groups in total. The van der Waals surface area contributed by atoms with E-state index in [0.717, 1.165) is 38.2 Å². The molecular weight excluding hydrogens is 252 g/mol. The van der Waals surface area contributed by atoms with Crippen LogP contribution < -0.4 is 5.73 Å². The van der Waals surface area contributed by atoms with E-state index in [0.29, 0.717) is 11.6 Å². The van der Waals surface area contributed by atoms with E-state index in [1.807, 2.05) is 43.1 Å². The molecule has 1 aromatic carbocycles. The summed E-state index contributed by atoms with van der Waals surface area (Å²) in [5.74, 6) is 0.444. The zero-order valence-corrected chi connectivity index (χ0v) is 12.3. The summed E-state index contributed by atoms with van der Waals surface area (Å²) in [6, 6.07) is 7.56. The van der Waals surface area contributed by atoms with E-state index >= 15 is 0 Å². The summed E-state index contributed by atoms with van der Waals surface area (Å²) < 4.78 is 5.47. The molecule has 4 nitrogen and oxygen atoms in total. The van der Waals surface area contributed by atoms with Gasteiger partial charge in [-0.25, -0.2) is 0 Å². The standard InChI is InChI=1S/C16H24N2O2/c1-12(14-6-3-7-15(17)9-14)16(19)18(2)10-13-5-4-8-20-11-13/h3,6-7,9,12-13H,4-5,8,10-11,17H2,1-2H3. The fourth-order valence-electron chi connectivity index (χ4n) is 2.73. The first-order valence-corrected chi connectivity index (χ1v) is 7.26. The van der Waals surface area contributed by atoms with Gasteiger partial charge in [-0.1, -0.05) is 12.1 Å². The third kappa shape index (κ3) is 3.73. The van der Waals surface area contributed by atoms with E-state index < -0.39 is 0 Å².